The smallest absolute Gasteiger partial charge is 0.417 e. The average Bonchev–Trinajstić information content (AvgIpc) is 3.19. The van der Waals surface area contributed by atoms with E-state index in [0.717, 1.165) is 48.3 Å². The van der Waals surface area contributed by atoms with Gasteiger partial charge >= 0.3 is 12.3 Å². The number of carbonyl (C=O) groups excluding carboxylic acids is 1. The quantitative estimate of drug-likeness (QED) is 0.370. The van der Waals surface area contributed by atoms with Crippen molar-refractivity contribution < 1.29 is 32.6 Å². The van der Waals surface area contributed by atoms with Crippen molar-refractivity contribution in [3.8, 4) is 11.8 Å². The molecule has 42 heavy (non-hydrogen) atoms. The molecule has 5 rings (SSSR count). The summed E-state index contributed by atoms with van der Waals surface area (Å²) in [4.78, 5) is 29.3. The number of ether oxygens (including phenoxy) is 1. The molecule has 0 aromatic heterocycles. The Morgan fingerprint density at radius 1 is 1.17 bits per heavy atom. The highest BCUT2D eigenvalue weighted by Crippen LogP contribution is 2.49. The summed E-state index contributed by atoms with van der Waals surface area (Å²) in [5.74, 6) is 0.730. The number of thiocarbonyl (C=S) groups is 1. The number of likely N-dealkylation sites (tertiary alicyclic amines) is 1. The summed E-state index contributed by atoms with van der Waals surface area (Å²) in [5.41, 5.74) is -1.04. The van der Waals surface area contributed by atoms with Gasteiger partial charge in [-0.25, -0.2) is 4.79 Å². The number of carboxylic acid groups (broad SMARTS) is 1. The number of hydrogen-bond acceptors (Lipinski definition) is 5. The van der Waals surface area contributed by atoms with Crippen LogP contribution in [0.5, 0.6) is 5.75 Å². The highest BCUT2D eigenvalue weighted by Gasteiger charge is 2.59. The molecule has 1 saturated carbocycles. The lowest BCUT2D eigenvalue weighted by Gasteiger charge is -2.43. The number of piperidine rings is 1. The van der Waals surface area contributed by atoms with E-state index in [2.05, 4.69) is 0 Å². The predicted octanol–water partition coefficient (Wildman–Crippen LogP) is 6.36. The van der Waals surface area contributed by atoms with Crippen molar-refractivity contribution in [1.82, 2.24) is 4.90 Å². The Bertz CT molecular complexity index is 1450. The van der Waals surface area contributed by atoms with Crippen molar-refractivity contribution in [1.29, 1.82) is 5.26 Å². The molecule has 2 amide bonds. The monoisotopic (exact) mass is 600 g/mol. The van der Waals surface area contributed by atoms with Gasteiger partial charge in [-0.05, 0) is 105 Å². The van der Waals surface area contributed by atoms with E-state index in [4.69, 9.17) is 22.1 Å². The summed E-state index contributed by atoms with van der Waals surface area (Å²) in [6.07, 6.45) is -0.756. The van der Waals surface area contributed by atoms with Crippen LogP contribution < -0.4 is 14.5 Å². The Labute approximate surface area is 247 Å². The highest BCUT2D eigenvalue weighted by atomic mass is 32.1. The highest BCUT2D eigenvalue weighted by molar-refractivity contribution is 7.81. The molecule has 2 heterocycles. The summed E-state index contributed by atoms with van der Waals surface area (Å²) in [5, 5.41) is 18.4. The zero-order chi connectivity index (χ0) is 30.2. The van der Waals surface area contributed by atoms with E-state index in [0.29, 0.717) is 56.3 Å². The van der Waals surface area contributed by atoms with Gasteiger partial charge in [0.05, 0.1) is 29.5 Å². The van der Waals surface area contributed by atoms with Crippen molar-refractivity contribution >= 4 is 40.7 Å². The van der Waals surface area contributed by atoms with Crippen LogP contribution >= 0.6 is 12.2 Å². The van der Waals surface area contributed by atoms with Gasteiger partial charge in [0, 0.05) is 18.8 Å². The van der Waals surface area contributed by atoms with Crippen molar-refractivity contribution in [2.24, 2.45) is 5.92 Å². The second-order valence-electron chi connectivity index (χ2n) is 11.0. The van der Waals surface area contributed by atoms with Gasteiger partial charge in [-0.3, -0.25) is 9.69 Å². The van der Waals surface area contributed by atoms with Gasteiger partial charge in [0.2, 0.25) is 0 Å². The SMILES string of the molecule is CCc1cc(N2C(=S)N(c3ccc(C#N)c(C(F)(F)F)c3)C(=O)C23CCC3)ccc1OCCC1CCN(C(=O)O)CC1. The number of anilines is 2. The van der Waals surface area contributed by atoms with Gasteiger partial charge in [0.25, 0.3) is 5.91 Å². The lowest BCUT2D eigenvalue weighted by atomic mass is 9.75. The molecule has 0 unspecified atom stereocenters. The Kier molecular flexibility index (Phi) is 8.07. The summed E-state index contributed by atoms with van der Waals surface area (Å²) in [7, 11) is 0. The van der Waals surface area contributed by atoms with E-state index in [9.17, 15) is 28.0 Å². The van der Waals surface area contributed by atoms with E-state index in [1.54, 1.807) is 11.0 Å². The van der Waals surface area contributed by atoms with Gasteiger partial charge in [0.15, 0.2) is 5.11 Å². The molecule has 2 aliphatic heterocycles. The van der Waals surface area contributed by atoms with E-state index >= 15 is 0 Å². The van der Waals surface area contributed by atoms with Crippen LogP contribution in [0.2, 0.25) is 0 Å². The number of halogens is 3. The molecule has 3 fully saturated rings. The maximum absolute atomic E-state index is 13.8. The molecule has 12 heteroatoms. The maximum atomic E-state index is 13.8. The lowest BCUT2D eigenvalue weighted by molar-refractivity contribution is -0.137. The maximum Gasteiger partial charge on any atom is 0.417 e. The van der Waals surface area contributed by atoms with Crippen molar-refractivity contribution in [3.63, 3.8) is 0 Å². The Balaban J connectivity index is 1.36. The van der Waals surface area contributed by atoms with Crippen LogP contribution in [0.3, 0.4) is 0 Å². The van der Waals surface area contributed by atoms with E-state index in [1.807, 2.05) is 25.1 Å². The molecule has 2 aromatic carbocycles. The Hall–Kier alpha value is -3.85. The molecule has 1 aliphatic carbocycles. The normalized spacial score (nSPS) is 18.8. The first kappa shape index (κ1) is 29.6. The summed E-state index contributed by atoms with van der Waals surface area (Å²) in [6.45, 7) is 3.54. The van der Waals surface area contributed by atoms with Gasteiger partial charge in [0.1, 0.15) is 11.3 Å². The number of alkyl halides is 3. The fourth-order valence-corrected chi connectivity index (χ4v) is 6.55. The minimum atomic E-state index is -4.76. The molecular formula is C30H31F3N4O4S. The molecular weight excluding hydrogens is 569 g/mol. The molecule has 1 spiro atoms. The molecule has 8 nitrogen and oxygen atoms in total. The fraction of sp³-hybridized carbons (Fsp3) is 0.467. The number of carbonyl (C=O) groups is 2. The van der Waals surface area contributed by atoms with Crippen LogP contribution in [-0.4, -0.2) is 52.4 Å². The molecule has 0 atom stereocenters. The summed E-state index contributed by atoms with van der Waals surface area (Å²) >= 11 is 5.74. The molecule has 2 saturated heterocycles. The van der Waals surface area contributed by atoms with Crippen LogP contribution in [0.4, 0.5) is 29.3 Å². The molecule has 222 valence electrons. The number of benzene rings is 2. The van der Waals surface area contributed by atoms with Gasteiger partial charge in [-0.15, -0.1) is 0 Å². The zero-order valence-corrected chi connectivity index (χ0v) is 23.9. The second-order valence-corrected chi connectivity index (χ2v) is 11.3. The first-order valence-electron chi connectivity index (χ1n) is 14.0. The third-order valence-corrected chi connectivity index (χ3v) is 9.00. The first-order valence-corrected chi connectivity index (χ1v) is 14.4. The van der Waals surface area contributed by atoms with Crippen LogP contribution in [0, 0.1) is 17.2 Å². The van der Waals surface area contributed by atoms with Crippen LogP contribution in [0.25, 0.3) is 0 Å². The summed E-state index contributed by atoms with van der Waals surface area (Å²) < 4.78 is 47.2. The minimum absolute atomic E-state index is 0.0186. The van der Waals surface area contributed by atoms with Crippen molar-refractivity contribution in [2.45, 2.75) is 63.6 Å². The van der Waals surface area contributed by atoms with E-state index in [-0.39, 0.29) is 16.7 Å². The van der Waals surface area contributed by atoms with Crippen molar-refractivity contribution in [2.75, 3.05) is 29.5 Å². The first-order chi connectivity index (χ1) is 20.0. The number of aryl methyl sites for hydroxylation is 1. The number of rotatable bonds is 7. The number of nitrogens with zero attached hydrogens (tertiary/aromatic N) is 4. The lowest BCUT2D eigenvalue weighted by Crippen LogP contribution is -2.55. The number of nitriles is 1. The third kappa shape index (κ3) is 5.26. The largest absolute Gasteiger partial charge is 0.493 e. The third-order valence-electron chi connectivity index (χ3n) is 8.63. The van der Waals surface area contributed by atoms with Crippen LogP contribution in [-0.2, 0) is 17.4 Å². The van der Waals surface area contributed by atoms with Crippen LogP contribution in [0.1, 0.15) is 62.1 Å². The number of amides is 2. The topological polar surface area (TPSA) is 97.1 Å². The Morgan fingerprint density at radius 2 is 1.86 bits per heavy atom. The second kappa shape index (κ2) is 11.4. The molecule has 3 aliphatic rings. The average molecular weight is 601 g/mol. The van der Waals surface area contributed by atoms with E-state index in [1.165, 1.54) is 11.0 Å². The molecule has 1 N–H and O–H groups in total. The standard InChI is InChI=1S/C30H31F3N4O4S/c1-2-20-16-23(6-7-25(20)41-15-10-19-8-13-35(14-9-19)28(39)40)37-27(42)36(26(38)29(37)11-3-12-29)22-5-4-21(18-34)24(17-22)30(31,32)33/h4-7,16-17,19H,2-3,8-15H2,1H3,(H,39,40). The van der Waals surface area contributed by atoms with E-state index < -0.39 is 28.9 Å². The van der Waals surface area contributed by atoms with Gasteiger partial charge < -0.3 is 19.6 Å². The molecule has 2 aromatic rings. The summed E-state index contributed by atoms with van der Waals surface area (Å²) in [6, 6.07) is 10.4. The predicted molar refractivity (Wildman–Crippen MR) is 154 cm³/mol. The van der Waals surface area contributed by atoms with Crippen LogP contribution in [0.15, 0.2) is 36.4 Å². The molecule has 0 bridgehead atoms. The Morgan fingerprint density at radius 3 is 2.43 bits per heavy atom. The fourth-order valence-electron chi connectivity index (χ4n) is 6.08. The number of hydrogen-bond donors (Lipinski definition) is 1. The van der Waals surface area contributed by atoms with Gasteiger partial charge in [-0.2, -0.15) is 18.4 Å². The van der Waals surface area contributed by atoms with Gasteiger partial charge in [-0.1, -0.05) is 6.92 Å². The van der Waals surface area contributed by atoms with Crippen molar-refractivity contribution in [3.05, 3.63) is 53.1 Å². The zero-order valence-electron chi connectivity index (χ0n) is 23.1. The minimum Gasteiger partial charge on any atom is -0.493 e. The molecule has 0 radical (unpaired) electrons.